The maximum Gasteiger partial charge on any atom is 0.0903 e. The van der Waals surface area contributed by atoms with Gasteiger partial charge in [0.15, 0.2) is 0 Å². The van der Waals surface area contributed by atoms with Crippen molar-refractivity contribution in [2.24, 2.45) is 0 Å². The molecular weight excluding hydrogens is 104 g/mol. The lowest BCUT2D eigenvalue weighted by Crippen LogP contribution is -2.50. The Morgan fingerprint density at radius 3 is 2.38 bits per heavy atom. The van der Waals surface area contributed by atoms with Gasteiger partial charge >= 0.3 is 0 Å². The monoisotopic (exact) mass is 116 g/mol. The van der Waals surface area contributed by atoms with Crippen molar-refractivity contribution >= 4 is 0 Å². The third-order valence-corrected chi connectivity index (χ3v) is 2.08. The van der Waals surface area contributed by atoms with Gasteiger partial charge in [-0.05, 0) is 19.3 Å². The topological polar surface area (TPSA) is 40.5 Å². The summed E-state index contributed by atoms with van der Waals surface area (Å²) < 4.78 is 0. The van der Waals surface area contributed by atoms with Gasteiger partial charge in [-0.15, -0.1) is 0 Å². The van der Waals surface area contributed by atoms with Crippen LogP contribution in [0.5, 0.6) is 0 Å². The highest BCUT2D eigenvalue weighted by atomic mass is 16.3. The fourth-order valence-electron chi connectivity index (χ4n) is 1.02. The van der Waals surface area contributed by atoms with E-state index in [0.29, 0.717) is 6.42 Å². The van der Waals surface area contributed by atoms with E-state index in [-0.39, 0.29) is 0 Å². The fourth-order valence-corrected chi connectivity index (χ4v) is 1.02. The van der Waals surface area contributed by atoms with E-state index in [1.165, 1.54) is 0 Å². The molecule has 1 aliphatic carbocycles. The van der Waals surface area contributed by atoms with Crippen LogP contribution in [-0.2, 0) is 0 Å². The van der Waals surface area contributed by atoms with Crippen LogP contribution in [0.15, 0.2) is 0 Å². The molecule has 0 bridgehead atoms. The lowest BCUT2D eigenvalue weighted by atomic mass is 9.75. The summed E-state index contributed by atoms with van der Waals surface area (Å²) in [4.78, 5) is 0. The molecule has 8 heavy (non-hydrogen) atoms. The minimum Gasteiger partial charge on any atom is -0.390 e. The van der Waals surface area contributed by atoms with E-state index < -0.39 is 11.7 Å². The largest absolute Gasteiger partial charge is 0.390 e. The molecule has 2 atom stereocenters. The highest BCUT2D eigenvalue weighted by Crippen LogP contribution is 2.34. The first kappa shape index (κ1) is 6.05. The van der Waals surface area contributed by atoms with Gasteiger partial charge < -0.3 is 10.2 Å². The summed E-state index contributed by atoms with van der Waals surface area (Å²) in [5.74, 6) is 0. The SMILES string of the molecule is CCC1(O)CCC1O. The molecule has 0 spiro atoms. The number of aliphatic hydroxyl groups excluding tert-OH is 1. The van der Waals surface area contributed by atoms with Gasteiger partial charge in [0.2, 0.25) is 0 Å². The summed E-state index contributed by atoms with van der Waals surface area (Å²) in [6.45, 7) is 1.89. The van der Waals surface area contributed by atoms with E-state index in [0.717, 1.165) is 12.8 Å². The molecule has 2 heteroatoms. The molecule has 1 saturated carbocycles. The third-order valence-electron chi connectivity index (χ3n) is 2.08. The van der Waals surface area contributed by atoms with Crippen LogP contribution in [0.1, 0.15) is 26.2 Å². The molecule has 48 valence electrons. The molecule has 2 nitrogen and oxygen atoms in total. The zero-order valence-electron chi connectivity index (χ0n) is 5.09. The smallest absolute Gasteiger partial charge is 0.0903 e. The molecule has 0 radical (unpaired) electrons. The molecule has 2 unspecified atom stereocenters. The van der Waals surface area contributed by atoms with Crippen LogP contribution in [0.4, 0.5) is 0 Å². The number of aliphatic hydroxyl groups is 2. The third kappa shape index (κ3) is 0.644. The fraction of sp³-hybridized carbons (Fsp3) is 1.00. The van der Waals surface area contributed by atoms with Gasteiger partial charge in [-0.3, -0.25) is 0 Å². The van der Waals surface area contributed by atoms with Gasteiger partial charge in [0.05, 0.1) is 11.7 Å². The quantitative estimate of drug-likeness (QED) is 0.516. The van der Waals surface area contributed by atoms with E-state index >= 15 is 0 Å². The molecule has 0 aromatic heterocycles. The van der Waals surface area contributed by atoms with Crippen LogP contribution in [0, 0.1) is 0 Å². The molecule has 0 aromatic rings. The van der Waals surface area contributed by atoms with E-state index in [1.54, 1.807) is 0 Å². The van der Waals surface area contributed by atoms with Crippen LogP contribution in [0.25, 0.3) is 0 Å². The Bertz CT molecular complexity index is 88.5. The van der Waals surface area contributed by atoms with Gasteiger partial charge in [-0.1, -0.05) is 6.92 Å². The molecule has 1 rings (SSSR count). The van der Waals surface area contributed by atoms with E-state index in [2.05, 4.69) is 0 Å². The molecule has 0 amide bonds. The molecular formula is C6H12O2. The molecule has 2 N–H and O–H groups in total. The molecule has 0 aromatic carbocycles. The Labute approximate surface area is 49.1 Å². The minimum atomic E-state index is -0.722. The number of rotatable bonds is 1. The van der Waals surface area contributed by atoms with Crippen molar-refractivity contribution < 1.29 is 10.2 Å². The van der Waals surface area contributed by atoms with Crippen molar-refractivity contribution in [3.8, 4) is 0 Å². The summed E-state index contributed by atoms with van der Waals surface area (Å²) >= 11 is 0. The van der Waals surface area contributed by atoms with Gasteiger partial charge in [0.25, 0.3) is 0 Å². The van der Waals surface area contributed by atoms with Crippen LogP contribution < -0.4 is 0 Å². The van der Waals surface area contributed by atoms with Crippen LogP contribution in [0.2, 0.25) is 0 Å². The Morgan fingerprint density at radius 1 is 1.75 bits per heavy atom. The lowest BCUT2D eigenvalue weighted by Gasteiger charge is -2.41. The highest BCUT2D eigenvalue weighted by molar-refractivity contribution is 4.94. The van der Waals surface area contributed by atoms with E-state index in [9.17, 15) is 5.11 Å². The summed E-state index contributed by atoms with van der Waals surface area (Å²) in [5, 5.41) is 18.2. The molecule has 0 aliphatic heterocycles. The zero-order chi connectivity index (χ0) is 6.20. The summed E-state index contributed by atoms with van der Waals surface area (Å²) in [5.41, 5.74) is -0.722. The highest BCUT2D eigenvalue weighted by Gasteiger charge is 2.42. The van der Waals surface area contributed by atoms with Crippen LogP contribution in [-0.4, -0.2) is 21.9 Å². The second-order valence-electron chi connectivity index (χ2n) is 2.51. The normalized spacial score (nSPS) is 46.1. The van der Waals surface area contributed by atoms with Crippen molar-refractivity contribution in [3.05, 3.63) is 0 Å². The Kier molecular flexibility index (Phi) is 1.29. The zero-order valence-corrected chi connectivity index (χ0v) is 5.09. The Morgan fingerprint density at radius 2 is 2.38 bits per heavy atom. The van der Waals surface area contributed by atoms with Gasteiger partial charge in [0.1, 0.15) is 0 Å². The summed E-state index contributed by atoms with van der Waals surface area (Å²) in [6.07, 6.45) is 1.76. The average molecular weight is 116 g/mol. The Hall–Kier alpha value is -0.0800. The maximum absolute atomic E-state index is 9.24. The van der Waals surface area contributed by atoms with E-state index in [4.69, 9.17) is 5.11 Å². The lowest BCUT2D eigenvalue weighted by molar-refractivity contribution is -0.145. The predicted octanol–water partition coefficient (Wildman–Crippen LogP) is 0.282. The van der Waals surface area contributed by atoms with Crippen molar-refractivity contribution in [2.75, 3.05) is 0 Å². The maximum atomic E-state index is 9.24. The number of hydrogen-bond acceptors (Lipinski definition) is 2. The van der Waals surface area contributed by atoms with Gasteiger partial charge in [-0.2, -0.15) is 0 Å². The first-order valence-corrected chi connectivity index (χ1v) is 3.09. The van der Waals surface area contributed by atoms with Gasteiger partial charge in [0, 0.05) is 0 Å². The van der Waals surface area contributed by atoms with Crippen LogP contribution >= 0.6 is 0 Å². The summed E-state index contributed by atoms with van der Waals surface area (Å²) in [7, 11) is 0. The Balaban J connectivity index is 2.42. The molecule has 1 fully saturated rings. The number of hydrogen-bond donors (Lipinski definition) is 2. The van der Waals surface area contributed by atoms with Crippen molar-refractivity contribution in [1.29, 1.82) is 0 Å². The van der Waals surface area contributed by atoms with E-state index in [1.807, 2.05) is 6.92 Å². The standard InChI is InChI=1S/C6H12O2/c1-2-6(8)4-3-5(6)7/h5,7-8H,2-4H2,1H3. The minimum absolute atomic E-state index is 0.451. The predicted molar refractivity (Wildman–Crippen MR) is 30.5 cm³/mol. The summed E-state index contributed by atoms with van der Waals surface area (Å²) in [6, 6.07) is 0. The second kappa shape index (κ2) is 1.71. The molecule has 0 saturated heterocycles. The second-order valence-corrected chi connectivity index (χ2v) is 2.51. The van der Waals surface area contributed by atoms with Crippen molar-refractivity contribution in [2.45, 2.75) is 37.9 Å². The van der Waals surface area contributed by atoms with Crippen molar-refractivity contribution in [1.82, 2.24) is 0 Å². The van der Waals surface area contributed by atoms with Gasteiger partial charge in [-0.25, -0.2) is 0 Å². The average Bonchev–Trinajstić information content (AvgIpc) is 1.83. The van der Waals surface area contributed by atoms with Crippen molar-refractivity contribution in [3.63, 3.8) is 0 Å². The first-order valence-electron chi connectivity index (χ1n) is 3.09. The molecule has 0 heterocycles. The first-order chi connectivity index (χ1) is 3.69. The molecule has 1 aliphatic rings. The van der Waals surface area contributed by atoms with Crippen LogP contribution in [0.3, 0.4) is 0 Å².